The second-order valence-corrected chi connectivity index (χ2v) is 11.9. The number of piperazine rings is 1. The minimum absolute atomic E-state index is 0. The molecule has 4 N–H and O–H groups in total. The number of carboxylic acid groups (broad SMARTS) is 1. The van der Waals surface area contributed by atoms with Crippen LogP contribution in [0.25, 0.3) is 0 Å². The van der Waals surface area contributed by atoms with Crippen molar-refractivity contribution in [2.24, 2.45) is 7.05 Å². The largest absolute Gasteiger partial charge is 0.508 e. The molecule has 3 unspecified atom stereocenters. The van der Waals surface area contributed by atoms with E-state index in [2.05, 4.69) is 26.2 Å². The Balaban J connectivity index is 0.00000288. The summed E-state index contributed by atoms with van der Waals surface area (Å²) < 4.78 is 1.44. The normalized spacial score (nSPS) is 20.2. The second-order valence-electron chi connectivity index (χ2n) is 9.84. The van der Waals surface area contributed by atoms with Gasteiger partial charge in [-0.05, 0) is 40.6 Å². The van der Waals surface area contributed by atoms with Crippen LogP contribution in [0, 0.1) is 0 Å². The molecule has 6 amide bonds. The number of aromatic nitrogens is 4. The van der Waals surface area contributed by atoms with E-state index in [9.17, 15) is 39.0 Å². The number of tetrazole rings is 1. The minimum Gasteiger partial charge on any atom is -0.508 e. The molecule has 45 heavy (non-hydrogen) atoms. The first-order valence-corrected chi connectivity index (χ1v) is 15.3. The molecule has 0 aliphatic carbocycles. The smallest absolute Gasteiger partial charge is 0.352 e. The molecule has 2 aromatic rings. The maximum Gasteiger partial charge on any atom is 0.352 e. The number of likely N-dealkylation sites (N-methyl/N-ethyl adjacent to an activating group) is 1. The van der Waals surface area contributed by atoms with Gasteiger partial charge >= 0.3 is 23.8 Å². The number of carbonyl (C=O) groups is 6. The van der Waals surface area contributed by atoms with Crippen molar-refractivity contribution in [3.8, 4) is 5.75 Å². The summed E-state index contributed by atoms with van der Waals surface area (Å²) in [6.07, 6.45) is 0. The predicted octanol–water partition coefficient (Wildman–Crippen LogP) is -1.25. The number of nitrogens with one attached hydrogen (secondary N) is 2. The van der Waals surface area contributed by atoms with E-state index in [0.717, 1.165) is 4.90 Å². The van der Waals surface area contributed by atoms with Crippen LogP contribution in [0.2, 0.25) is 0 Å². The Morgan fingerprint density at radius 1 is 1.16 bits per heavy atom. The third-order valence-corrected chi connectivity index (χ3v) is 9.63. The maximum atomic E-state index is 13.6. The number of carbonyl (C=O) groups excluding carboxylic acids is 5. The van der Waals surface area contributed by atoms with Crippen LogP contribution in [0.3, 0.4) is 0 Å². The van der Waals surface area contributed by atoms with Crippen LogP contribution in [-0.4, -0.2) is 153 Å². The maximum absolute atomic E-state index is 13.6. The molecule has 20 heteroatoms. The second kappa shape index (κ2) is 14.2. The van der Waals surface area contributed by atoms with Gasteiger partial charge in [0.25, 0.3) is 5.91 Å². The molecule has 3 aliphatic heterocycles. The van der Waals surface area contributed by atoms with E-state index in [0.29, 0.717) is 22.2 Å². The zero-order valence-electron chi connectivity index (χ0n) is 24.4. The van der Waals surface area contributed by atoms with E-state index in [4.69, 9.17) is 0 Å². The van der Waals surface area contributed by atoms with Crippen LogP contribution in [-0.2, 0) is 31.0 Å². The van der Waals surface area contributed by atoms with E-state index in [1.807, 2.05) is 0 Å². The fourth-order valence-corrected chi connectivity index (χ4v) is 7.20. The van der Waals surface area contributed by atoms with Crippen LogP contribution < -0.4 is 10.6 Å². The average Bonchev–Trinajstić information content (AvgIpc) is 3.42. The molecule has 4 heterocycles. The molecule has 1 radical (unpaired) electrons. The molecule has 17 nitrogen and oxygen atoms in total. The van der Waals surface area contributed by atoms with Gasteiger partial charge in [-0.15, -0.1) is 16.9 Å². The molecular formula is C25H29N9NaO8S2. The van der Waals surface area contributed by atoms with Gasteiger partial charge in [-0.1, -0.05) is 23.9 Å². The monoisotopic (exact) mass is 670 g/mol. The van der Waals surface area contributed by atoms with Gasteiger partial charge in [-0.3, -0.25) is 29.0 Å². The summed E-state index contributed by atoms with van der Waals surface area (Å²) in [6, 6.07) is 1.84. The van der Waals surface area contributed by atoms with Gasteiger partial charge in [0.15, 0.2) is 0 Å². The van der Waals surface area contributed by atoms with Gasteiger partial charge in [-0.2, -0.15) is 0 Å². The Kier molecular flexibility index (Phi) is 10.8. The van der Waals surface area contributed by atoms with E-state index in [1.165, 1.54) is 57.4 Å². The van der Waals surface area contributed by atoms with Crippen molar-refractivity contribution in [2.45, 2.75) is 29.5 Å². The van der Waals surface area contributed by atoms with Crippen molar-refractivity contribution in [1.82, 2.24) is 45.5 Å². The molecule has 3 atom stereocenters. The number of carboxylic acids is 1. The fraction of sp³-hybridized carbons (Fsp3) is 0.400. The molecule has 2 saturated heterocycles. The number of aliphatic carboxylic acids is 1. The number of fused-ring (bicyclic) bond motifs is 1. The van der Waals surface area contributed by atoms with E-state index in [-0.39, 0.29) is 72.6 Å². The van der Waals surface area contributed by atoms with Crippen molar-refractivity contribution in [2.75, 3.05) is 31.1 Å². The zero-order valence-corrected chi connectivity index (χ0v) is 28.0. The third-order valence-electron chi connectivity index (χ3n) is 7.20. The minimum atomic E-state index is -1.42. The van der Waals surface area contributed by atoms with Gasteiger partial charge in [-0.25, -0.2) is 14.3 Å². The van der Waals surface area contributed by atoms with Crippen molar-refractivity contribution >= 4 is 88.7 Å². The number of phenolic OH excluding ortho intramolecular Hbond substituents is 1. The quantitative estimate of drug-likeness (QED) is 0.106. The van der Waals surface area contributed by atoms with E-state index in [1.54, 1.807) is 14.0 Å². The Hall–Kier alpha value is -3.65. The number of urea groups is 1. The zero-order chi connectivity index (χ0) is 31.7. The van der Waals surface area contributed by atoms with E-state index >= 15 is 0 Å². The van der Waals surface area contributed by atoms with E-state index < -0.39 is 53.1 Å². The van der Waals surface area contributed by atoms with Gasteiger partial charge in [0.05, 0.1) is 0 Å². The molecule has 5 rings (SSSR count). The van der Waals surface area contributed by atoms with Crippen LogP contribution in [0.5, 0.6) is 5.75 Å². The van der Waals surface area contributed by atoms with Crippen molar-refractivity contribution in [3.05, 3.63) is 41.1 Å². The summed E-state index contributed by atoms with van der Waals surface area (Å²) in [7, 11) is 1.64. The van der Waals surface area contributed by atoms with Crippen LogP contribution in [0.4, 0.5) is 4.79 Å². The topological polar surface area (TPSA) is 220 Å². The Labute approximate surface area is 287 Å². The molecule has 1 aromatic carbocycles. The molecule has 2 fully saturated rings. The summed E-state index contributed by atoms with van der Waals surface area (Å²) in [6.45, 7) is 2.04. The Morgan fingerprint density at radius 2 is 1.87 bits per heavy atom. The van der Waals surface area contributed by atoms with Crippen LogP contribution >= 0.6 is 23.5 Å². The number of thioether (sulfide) groups is 2. The Bertz CT molecular complexity index is 1580. The van der Waals surface area contributed by atoms with Crippen molar-refractivity contribution in [1.29, 1.82) is 0 Å². The molecule has 3 aliphatic rings. The first kappa shape index (κ1) is 34.2. The van der Waals surface area contributed by atoms with Crippen molar-refractivity contribution in [3.63, 3.8) is 0 Å². The number of aromatic hydroxyl groups is 1. The summed E-state index contributed by atoms with van der Waals surface area (Å²) in [5.74, 6) is -4.26. The molecule has 0 bridgehead atoms. The molecule has 235 valence electrons. The summed E-state index contributed by atoms with van der Waals surface area (Å²) >= 11 is 2.49. The number of rotatable bonds is 9. The van der Waals surface area contributed by atoms with Gasteiger partial charge < -0.3 is 25.7 Å². The number of imide groups is 1. The standard InChI is InChI=1S/C25H27N9O8S2.Na.H2/c1-3-32-8-9-33(21(39)20(32)38)24(42)27-15(12-4-6-14(35)7-5-12)18(36)26-16-19(37)34-17(23(40)41)13(10-43-22(16)34)11-44-25-28-29-30-31(25)2;;/h4-7,15-16,22,35H,3,8-11H2,1-2H3,(H,26,36)(H,27,42)(H,40,41);;1H. The number of benzene rings is 1. The molecule has 0 spiro atoms. The SMILES string of the molecule is CCN1CCN(C(=O)NC(C(=O)NC2C(=O)N3C(C(=O)O)=C(CSc4nnnn4C)CSC23)c2ccc(O)cc2)C(=O)C1=O.[HH].[Na]. The molecule has 1 aromatic heterocycles. The number of β-lactam (4-membered cyclic amide) rings is 1. The summed E-state index contributed by atoms with van der Waals surface area (Å²) in [5.41, 5.74) is 0.536. The predicted molar refractivity (Wildman–Crippen MR) is 160 cm³/mol. The fourth-order valence-electron chi connectivity index (χ4n) is 4.86. The summed E-state index contributed by atoms with van der Waals surface area (Å²) in [4.78, 5) is 80.1. The Morgan fingerprint density at radius 3 is 2.49 bits per heavy atom. The number of amides is 6. The van der Waals surface area contributed by atoms with Crippen LogP contribution in [0.1, 0.15) is 20.0 Å². The number of nitrogens with zero attached hydrogens (tertiary/aromatic N) is 7. The molecule has 0 saturated carbocycles. The van der Waals surface area contributed by atoms with Crippen LogP contribution in [0.15, 0.2) is 40.7 Å². The third kappa shape index (κ3) is 6.81. The first-order valence-electron chi connectivity index (χ1n) is 13.3. The van der Waals surface area contributed by atoms with Crippen molar-refractivity contribution < 1.29 is 40.4 Å². The number of phenols is 1. The first-order chi connectivity index (χ1) is 21.0. The number of aryl methyl sites for hydroxylation is 1. The van der Waals surface area contributed by atoms with Gasteiger partial charge in [0.1, 0.15) is 28.9 Å². The molecular weight excluding hydrogens is 641 g/mol. The number of hydrogen-bond donors (Lipinski definition) is 4. The average molecular weight is 671 g/mol. The van der Waals surface area contributed by atoms with Gasteiger partial charge in [0, 0.05) is 69.2 Å². The van der Waals surface area contributed by atoms with Gasteiger partial charge in [0.2, 0.25) is 11.1 Å². The number of hydrogen-bond acceptors (Lipinski definition) is 12. The summed E-state index contributed by atoms with van der Waals surface area (Å²) in [5, 5.41) is 35.6.